The van der Waals surface area contributed by atoms with Crippen molar-refractivity contribution in [2.75, 3.05) is 12.3 Å². The second kappa shape index (κ2) is 5.36. The first-order chi connectivity index (χ1) is 7.13. The lowest BCUT2D eigenvalue weighted by Gasteiger charge is -1.99. The summed E-state index contributed by atoms with van der Waals surface area (Å²) < 4.78 is 4.71. The summed E-state index contributed by atoms with van der Waals surface area (Å²) in [4.78, 5) is 15.0. The number of halogens is 1. The van der Waals surface area contributed by atoms with Crippen LogP contribution in [0.3, 0.4) is 0 Å². The largest absolute Gasteiger partial charge is 0.463 e. The van der Waals surface area contributed by atoms with Crippen LogP contribution in [0.25, 0.3) is 6.08 Å². The molecule has 0 spiro atoms. The van der Waals surface area contributed by atoms with Crippen molar-refractivity contribution >= 4 is 29.3 Å². The molecule has 1 heterocycles. The van der Waals surface area contributed by atoms with Gasteiger partial charge in [-0.15, -0.1) is 0 Å². The van der Waals surface area contributed by atoms with Gasteiger partial charge >= 0.3 is 5.97 Å². The number of pyridine rings is 1. The van der Waals surface area contributed by atoms with Crippen molar-refractivity contribution in [3.63, 3.8) is 0 Å². The molecular weight excluding hydrogens is 216 g/mol. The maximum Gasteiger partial charge on any atom is 0.330 e. The molecule has 0 aromatic carbocycles. The van der Waals surface area contributed by atoms with Gasteiger partial charge < -0.3 is 10.5 Å². The van der Waals surface area contributed by atoms with Crippen molar-refractivity contribution in [1.29, 1.82) is 0 Å². The molecule has 0 unspecified atom stereocenters. The van der Waals surface area contributed by atoms with Gasteiger partial charge in [-0.25, -0.2) is 9.78 Å². The van der Waals surface area contributed by atoms with Crippen molar-refractivity contribution in [1.82, 2.24) is 4.98 Å². The Bertz CT molecular complexity index is 391. The quantitative estimate of drug-likeness (QED) is 0.486. The lowest BCUT2D eigenvalue weighted by Crippen LogP contribution is -1.99. The molecule has 1 rings (SSSR count). The van der Waals surface area contributed by atoms with Gasteiger partial charge in [0.15, 0.2) is 0 Å². The zero-order valence-electron chi connectivity index (χ0n) is 8.24. The minimum absolute atomic E-state index is 0.327. The Morgan fingerprint density at radius 2 is 2.40 bits per heavy atom. The molecule has 1 aromatic rings. The second-order valence-electron chi connectivity index (χ2n) is 2.69. The summed E-state index contributed by atoms with van der Waals surface area (Å²) in [5, 5.41) is 0.327. The molecule has 0 saturated carbocycles. The van der Waals surface area contributed by atoms with E-state index in [1.807, 2.05) is 0 Å². The van der Waals surface area contributed by atoms with Crippen LogP contribution in [0.5, 0.6) is 0 Å². The third kappa shape index (κ3) is 3.59. The van der Waals surface area contributed by atoms with Gasteiger partial charge in [0, 0.05) is 6.08 Å². The number of hydrogen-bond donors (Lipinski definition) is 1. The fraction of sp³-hybridized carbons (Fsp3) is 0.200. The van der Waals surface area contributed by atoms with E-state index in [1.165, 1.54) is 12.2 Å². The average Bonchev–Trinajstić information content (AvgIpc) is 2.20. The molecule has 15 heavy (non-hydrogen) atoms. The van der Waals surface area contributed by atoms with E-state index in [0.29, 0.717) is 23.1 Å². The smallest absolute Gasteiger partial charge is 0.330 e. The number of aromatic nitrogens is 1. The highest BCUT2D eigenvalue weighted by Crippen LogP contribution is 2.14. The molecule has 0 aliphatic rings. The van der Waals surface area contributed by atoms with Crippen LogP contribution >= 0.6 is 11.6 Å². The minimum Gasteiger partial charge on any atom is -0.463 e. The van der Waals surface area contributed by atoms with Crippen molar-refractivity contribution < 1.29 is 9.53 Å². The Kier molecular flexibility index (Phi) is 4.12. The Morgan fingerprint density at radius 1 is 1.67 bits per heavy atom. The van der Waals surface area contributed by atoms with Crippen LogP contribution < -0.4 is 5.73 Å². The van der Waals surface area contributed by atoms with Crippen LogP contribution in [0, 0.1) is 0 Å². The fourth-order valence-electron chi connectivity index (χ4n) is 0.932. The molecule has 0 radical (unpaired) electrons. The highest BCUT2D eigenvalue weighted by molar-refractivity contribution is 6.29. The third-order valence-electron chi connectivity index (χ3n) is 1.59. The molecule has 2 N–H and O–H groups in total. The number of nitrogens with two attached hydrogens (primary N) is 1. The lowest BCUT2D eigenvalue weighted by molar-refractivity contribution is -0.137. The molecule has 0 saturated heterocycles. The monoisotopic (exact) mass is 226 g/mol. The van der Waals surface area contributed by atoms with Crippen molar-refractivity contribution in [2.45, 2.75) is 6.92 Å². The normalized spacial score (nSPS) is 10.5. The summed E-state index contributed by atoms with van der Waals surface area (Å²) in [6.07, 6.45) is 2.73. The molecule has 0 fully saturated rings. The molecule has 0 aliphatic heterocycles. The number of nitrogen functional groups attached to an aromatic ring is 1. The van der Waals surface area contributed by atoms with Gasteiger partial charge in [-0.3, -0.25) is 0 Å². The van der Waals surface area contributed by atoms with Crippen molar-refractivity contribution in [3.8, 4) is 0 Å². The molecule has 4 nitrogen and oxygen atoms in total. The Morgan fingerprint density at radius 3 is 3.07 bits per heavy atom. The zero-order chi connectivity index (χ0) is 11.3. The molecule has 0 atom stereocenters. The Hall–Kier alpha value is -1.55. The van der Waals surface area contributed by atoms with E-state index in [2.05, 4.69) is 4.98 Å². The maximum atomic E-state index is 11.0. The Labute approximate surface area is 92.7 Å². The zero-order valence-corrected chi connectivity index (χ0v) is 8.99. The molecule has 1 aromatic heterocycles. The molecule has 0 bridgehead atoms. The first kappa shape index (κ1) is 11.5. The lowest BCUT2D eigenvalue weighted by atomic mass is 10.3. The number of rotatable bonds is 3. The standard InChI is InChI=1S/C10H11ClN2O2/c1-2-15-10(14)6-4-8-7(12)3-5-9(11)13-8/h3-6H,2,12H2,1H3/b6-4+. The fourth-order valence-corrected chi connectivity index (χ4v) is 1.09. The minimum atomic E-state index is -0.432. The summed E-state index contributed by atoms with van der Waals surface area (Å²) in [6.45, 7) is 2.07. The van der Waals surface area contributed by atoms with Crippen molar-refractivity contribution in [3.05, 3.63) is 29.1 Å². The summed E-state index contributed by atoms with van der Waals surface area (Å²) in [6, 6.07) is 3.21. The van der Waals surface area contributed by atoms with Crippen LogP contribution in [-0.2, 0) is 9.53 Å². The van der Waals surface area contributed by atoms with Crippen LogP contribution in [0.4, 0.5) is 5.69 Å². The second-order valence-corrected chi connectivity index (χ2v) is 3.08. The number of ether oxygens (including phenoxy) is 1. The van der Waals surface area contributed by atoms with Gasteiger partial charge in [0.05, 0.1) is 18.0 Å². The number of carbonyl (C=O) groups is 1. The first-order valence-electron chi connectivity index (χ1n) is 4.40. The number of hydrogen-bond acceptors (Lipinski definition) is 4. The van der Waals surface area contributed by atoms with Crippen LogP contribution in [0.15, 0.2) is 18.2 Å². The van der Waals surface area contributed by atoms with Gasteiger partial charge in [-0.1, -0.05) is 11.6 Å². The van der Waals surface area contributed by atoms with Gasteiger partial charge in [-0.05, 0) is 25.1 Å². The van der Waals surface area contributed by atoms with Crippen LogP contribution in [-0.4, -0.2) is 17.6 Å². The van der Waals surface area contributed by atoms with E-state index in [1.54, 1.807) is 19.1 Å². The van der Waals surface area contributed by atoms with E-state index in [0.717, 1.165) is 0 Å². The predicted molar refractivity (Wildman–Crippen MR) is 59.3 cm³/mol. The summed E-state index contributed by atoms with van der Waals surface area (Å²) in [5.41, 5.74) is 6.54. The Balaban J connectivity index is 2.79. The summed E-state index contributed by atoms with van der Waals surface area (Å²) in [5.74, 6) is -0.432. The maximum absolute atomic E-state index is 11.0. The van der Waals surface area contributed by atoms with Crippen LogP contribution in [0.1, 0.15) is 12.6 Å². The SMILES string of the molecule is CCOC(=O)/C=C/c1nc(Cl)ccc1N. The van der Waals surface area contributed by atoms with Gasteiger partial charge in [0.25, 0.3) is 0 Å². The van der Waals surface area contributed by atoms with Gasteiger partial charge in [0.1, 0.15) is 5.15 Å². The average molecular weight is 227 g/mol. The number of nitrogens with zero attached hydrogens (tertiary/aromatic N) is 1. The highest BCUT2D eigenvalue weighted by atomic mass is 35.5. The summed E-state index contributed by atoms with van der Waals surface area (Å²) >= 11 is 5.68. The van der Waals surface area contributed by atoms with Crippen LogP contribution in [0.2, 0.25) is 5.15 Å². The first-order valence-corrected chi connectivity index (χ1v) is 4.78. The van der Waals surface area contributed by atoms with E-state index >= 15 is 0 Å². The summed E-state index contributed by atoms with van der Waals surface area (Å²) in [7, 11) is 0. The molecule has 0 amide bonds. The van der Waals surface area contributed by atoms with Crippen molar-refractivity contribution in [2.24, 2.45) is 0 Å². The van der Waals surface area contributed by atoms with Gasteiger partial charge in [0.2, 0.25) is 0 Å². The molecule has 80 valence electrons. The number of anilines is 1. The topological polar surface area (TPSA) is 65.2 Å². The van der Waals surface area contributed by atoms with E-state index < -0.39 is 5.97 Å². The van der Waals surface area contributed by atoms with E-state index in [-0.39, 0.29) is 0 Å². The third-order valence-corrected chi connectivity index (χ3v) is 1.80. The predicted octanol–water partition coefficient (Wildman–Crippen LogP) is 1.89. The number of carbonyl (C=O) groups excluding carboxylic acids is 1. The molecule has 5 heteroatoms. The molecular formula is C10H11ClN2O2. The number of esters is 1. The highest BCUT2D eigenvalue weighted by Gasteiger charge is 1.99. The van der Waals surface area contributed by atoms with E-state index in [4.69, 9.17) is 22.1 Å². The molecule has 0 aliphatic carbocycles. The van der Waals surface area contributed by atoms with E-state index in [9.17, 15) is 4.79 Å². The van der Waals surface area contributed by atoms with Gasteiger partial charge in [-0.2, -0.15) is 0 Å².